The van der Waals surface area contributed by atoms with E-state index in [1.807, 2.05) is 6.92 Å². The van der Waals surface area contributed by atoms with Crippen LogP contribution in [0.15, 0.2) is 24.3 Å². The number of carbonyl (C=O) groups excluding carboxylic acids is 1. The summed E-state index contributed by atoms with van der Waals surface area (Å²) in [5.41, 5.74) is -1.97. The Morgan fingerprint density at radius 1 is 1.50 bits per heavy atom. The second-order valence-electron chi connectivity index (χ2n) is 4.71. The Morgan fingerprint density at radius 2 is 2.25 bits per heavy atom. The van der Waals surface area contributed by atoms with Crippen LogP contribution < -0.4 is 4.74 Å². The number of rotatable bonds is 4. The fraction of sp³-hybridized carbons (Fsp3) is 0.429. The van der Waals surface area contributed by atoms with Crippen molar-refractivity contribution in [2.24, 2.45) is 0 Å². The van der Waals surface area contributed by atoms with E-state index < -0.39 is 18.2 Å². The minimum atomic E-state index is -2.34. The van der Waals surface area contributed by atoms with Crippen LogP contribution >= 0.6 is 0 Å². The highest BCUT2D eigenvalue weighted by atomic mass is 19.1. The number of likely N-dealkylation sites (tertiary alicyclic amines) is 1. The number of carbonyl (C=O) groups is 2. The molecule has 1 unspecified atom stereocenters. The fourth-order valence-electron chi connectivity index (χ4n) is 2.19. The molecule has 1 aromatic carbocycles. The smallest absolute Gasteiger partial charge is 0.343 e. The van der Waals surface area contributed by atoms with Gasteiger partial charge in [-0.1, -0.05) is 6.07 Å². The summed E-state index contributed by atoms with van der Waals surface area (Å²) in [6.45, 7) is 1.99. The maximum Gasteiger partial charge on any atom is 0.343 e. The summed E-state index contributed by atoms with van der Waals surface area (Å²) >= 11 is 0. The van der Waals surface area contributed by atoms with Gasteiger partial charge in [0.25, 0.3) is 5.91 Å². The minimum Gasteiger partial charge on any atom is -0.494 e. The van der Waals surface area contributed by atoms with Crippen molar-refractivity contribution in [3.8, 4) is 5.75 Å². The van der Waals surface area contributed by atoms with Gasteiger partial charge in [-0.3, -0.25) is 4.79 Å². The van der Waals surface area contributed by atoms with Crippen molar-refractivity contribution in [1.29, 1.82) is 0 Å². The minimum absolute atomic E-state index is 0.0977. The molecule has 5 nitrogen and oxygen atoms in total. The molecule has 0 aliphatic carbocycles. The molecule has 1 aromatic rings. The van der Waals surface area contributed by atoms with E-state index in [0.717, 1.165) is 0 Å². The van der Waals surface area contributed by atoms with Crippen LogP contribution in [0.3, 0.4) is 0 Å². The molecule has 1 aliphatic rings. The van der Waals surface area contributed by atoms with Gasteiger partial charge in [0.15, 0.2) is 0 Å². The van der Waals surface area contributed by atoms with Crippen LogP contribution in [0, 0.1) is 0 Å². The Morgan fingerprint density at radius 3 is 2.85 bits per heavy atom. The highest BCUT2D eigenvalue weighted by Crippen LogP contribution is 2.27. The molecule has 0 bridgehead atoms. The third-order valence-electron chi connectivity index (χ3n) is 3.28. The summed E-state index contributed by atoms with van der Waals surface area (Å²) in [4.78, 5) is 24.3. The summed E-state index contributed by atoms with van der Waals surface area (Å²) in [7, 11) is 0. The lowest BCUT2D eigenvalue weighted by Crippen LogP contribution is -2.38. The van der Waals surface area contributed by atoms with E-state index in [1.54, 1.807) is 24.3 Å². The number of hydrogen-bond donors (Lipinski definition) is 1. The summed E-state index contributed by atoms with van der Waals surface area (Å²) in [5, 5.41) is 8.82. The van der Waals surface area contributed by atoms with Crippen molar-refractivity contribution in [1.82, 2.24) is 4.90 Å². The van der Waals surface area contributed by atoms with Gasteiger partial charge < -0.3 is 14.7 Å². The number of carboxylic acid groups (broad SMARTS) is 1. The van der Waals surface area contributed by atoms with Crippen molar-refractivity contribution in [2.45, 2.75) is 19.0 Å². The predicted octanol–water partition coefficient (Wildman–Crippen LogP) is 1.72. The molecule has 2 rings (SSSR count). The largest absolute Gasteiger partial charge is 0.494 e. The molecule has 0 aromatic heterocycles. The second-order valence-corrected chi connectivity index (χ2v) is 4.71. The first kappa shape index (κ1) is 14.3. The van der Waals surface area contributed by atoms with Crippen molar-refractivity contribution < 1.29 is 23.8 Å². The zero-order chi connectivity index (χ0) is 14.8. The first-order valence-electron chi connectivity index (χ1n) is 6.41. The summed E-state index contributed by atoms with van der Waals surface area (Å²) in [5.74, 6) is -1.34. The van der Waals surface area contributed by atoms with Gasteiger partial charge >= 0.3 is 5.97 Å². The van der Waals surface area contributed by atoms with E-state index in [9.17, 15) is 14.0 Å². The fourth-order valence-corrected chi connectivity index (χ4v) is 2.19. The number of carboxylic acids is 1. The van der Waals surface area contributed by atoms with Crippen molar-refractivity contribution in [3.05, 3.63) is 29.8 Å². The quantitative estimate of drug-likeness (QED) is 0.912. The number of ether oxygens (including phenoxy) is 1. The molecular weight excluding hydrogens is 265 g/mol. The normalized spacial score (nSPS) is 21.8. The highest BCUT2D eigenvalue weighted by Gasteiger charge is 2.46. The van der Waals surface area contributed by atoms with E-state index in [4.69, 9.17) is 9.84 Å². The van der Waals surface area contributed by atoms with Crippen molar-refractivity contribution in [3.63, 3.8) is 0 Å². The lowest BCUT2D eigenvalue weighted by Gasteiger charge is -2.18. The standard InChI is InChI=1S/C14H16FNO4/c1-2-20-11-5-3-4-10(8-11)12(17)16-7-6-14(15,9-16)13(18)19/h3-5,8H,2,6-7,9H2,1H3,(H,18,19). The van der Waals surface area contributed by atoms with Crippen LogP contribution in [0.2, 0.25) is 0 Å². The molecule has 0 spiro atoms. The van der Waals surface area contributed by atoms with Crippen LogP contribution in [-0.2, 0) is 4.79 Å². The lowest BCUT2D eigenvalue weighted by atomic mass is 10.1. The molecule has 1 atom stereocenters. The topological polar surface area (TPSA) is 66.8 Å². The lowest BCUT2D eigenvalue weighted by molar-refractivity contribution is -0.149. The molecule has 1 heterocycles. The number of halogens is 1. The maximum atomic E-state index is 13.9. The Balaban J connectivity index is 2.13. The number of nitrogens with zero attached hydrogens (tertiary/aromatic N) is 1. The molecule has 0 saturated carbocycles. The number of aliphatic carboxylic acids is 1. The summed E-state index contributed by atoms with van der Waals surface area (Å²) < 4.78 is 19.2. The summed E-state index contributed by atoms with van der Waals surface area (Å²) in [6, 6.07) is 6.57. The van der Waals surface area contributed by atoms with E-state index in [2.05, 4.69) is 0 Å². The third kappa shape index (κ3) is 2.74. The highest BCUT2D eigenvalue weighted by molar-refractivity contribution is 5.95. The monoisotopic (exact) mass is 281 g/mol. The van der Waals surface area contributed by atoms with Crippen LogP contribution in [0.4, 0.5) is 4.39 Å². The Labute approximate surface area is 116 Å². The molecule has 1 saturated heterocycles. The molecule has 6 heteroatoms. The van der Waals surface area contributed by atoms with Gasteiger partial charge in [0.2, 0.25) is 5.67 Å². The second kappa shape index (κ2) is 5.48. The first-order valence-corrected chi connectivity index (χ1v) is 6.41. The molecular formula is C14H16FNO4. The first-order chi connectivity index (χ1) is 9.46. The van der Waals surface area contributed by atoms with E-state index >= 15 is 0 Å². The SMILES string of the molecule is CCOc1cccc(C(=O)N2CCC(F)(C(=O)O)C2)c1. The van der Waals surface area contributed by atoms with Crippen molar-refractivity contribution in [2.75, 3.05) is 19.7 Å². The van der Waals surface area contributed by atoms with E-state index in [-0.39, 0.29) is 18.9 Å². The average molecular weight is 281 g/mol. The van der Waals surface area contributed by atoms with Gasteiger partial charge in [-0.2, -0.15) is 0 Å². The predicted molar refractivity (Wildman–Crippen MR) is 69.6 cm³/mol. The zero-order valence-electron chi connectivity index (χ0n) is 11.1. The van der Waals surface area contributed by atoms with Crippen LogP contribution in [-0.4, -0.2) is 47.2 Å². The zero-order valence-corrected chi connectivity index (χ0v) is 11.1. The van der Waals surface area contributed by atoms with Gasteiger partial charge in [-0.25, -0.2) is 9.18 Å². The van der Waals surface area contributed by atoms with Gasteiger partial charge in [-0.15, -0.1) is 0 Å². The third-order valence-corrected chi connectivity index (χ3v) is 3.28. The van der Waals surface area contributed by atoms with Gasteiger partial charge in [-0.05, 0) is 25.1 Å². The van der Waals surface area contributed by atoms with Crippen LogP contribution in [0.5, 0.6) is 5.75 Å². The molecule has 108 valence electrons. The van der Waals surface area contributed by atoms with E-state index in [1.165, 1.54) is 4.90 Å². The molecule has 1 fully saturated rings. The number of alkyl halides is 1. The molecule has 20 heavy (non-hydrogen) atoms. The average Bonchev–Trinajstić information content (AvgIpc) is 2.83. The number of benzene rings is 1. The van der Waals surface area contributed by atoms with Gasteiger partial charge in [0.1, 0.15) is 5.75 Å². The van der Waals surface area contributed by atoms with Crippen LogP contribution in [0.25, 0.3) is 0 Å². The Kier molecular flexibility index (Phi) is 3.92. The Hall–Kier alpha value is -2.11. The maximum absolute atomic E-state index is 13.9. The summed E-state index contributed by atoms with van der Waals surface area (Å²) in [6.07, 6.45) is -0.181. The van der Waals surface area contributed by atoms with Crippen molar-refractivity contribution >= 4 is 11.9 Å². The van der Waals surface area contributed by atoms with Crippen LogP contribution in [0.1, 0.15) is 23.7 Å². The number of hydrogen-bond acceptors (Lipinski definition) is 3. The molecule has 0 radical (unpaired) electrons. The molecule has 1 aliphatic heterocycles. The van der Waals surface area contributed by atoms with Gasteiger partial charge in [0.05, 0.1) is 13.2 Å². The number of amides is 1. The molecule has 1 N–H and O–H groups in total. The van der Waals surface area contributed by atoms with E-state index in [0.29, 0.717) is 17.9 Å². The van der Waals surface area contributed by atoms with Gasteiger partial charge in [0, 0.05) is 18.5 Å². The molecule has 1 amide bonds. The Bertz CT molecular complexity index is 534.